The van der Waals surface area contributed by atoms with Gasteiger partial charge in [0.15, 0.2) is 0 Å². The first kappa shape index (κ1) is 13.5. The van der Waals surface area contributed by atoms with Gasteiger partial charge in [0.2, 0.25) is 0 Å². The monoisotopic (exact) mass is 411 g/mol. The third-order valence-electron chi connectivity index (χ3n) is 2.60. The molecule has 0 aliphatic carbocycles. The van der Waals surface area contributed by atoms with Crippen molar-refractivity contribution in [3.63, 3.8) is 0 Å². The molecule has 1 aromatic heterocycles. The Morgan fingerprint density at radius 3 is 3.06 bits per heavy atom. The minimum Gasteiger partial charge on any atom is -0.368 e. The normalized spacial score (nSPS) is 23.8. The molecular formula is C11H15BrIN3O. The summed E-state index contributed by atoms with van der Waals surface area (Å²) in [5, 5.41) is 0.842. The Labute approximate surface area is 123 Å². The van der Waals surface area contributed by atoms with E-state index in [9.17, 15) is 0 Å². The van der Waals surface area contributed by atoms with E-state index in [4.69, 9.17) is 4.74 Å². The third kappa shape index (κ3) is 3.29. The molecule has 1 saturated heterocycles. The van der Waals surface area contributed by atoms with Gasteiger partial charge in [-0.15, -0.1) is 0 Å². The molecule has 1 aliphatic heterocycles. The minimum absolute atomic E-state index is 0.148. The van der Waals surface area contributed by atoms with Crippen LogP contribution in [0.15, 0.2) is 12.5 Å². The van der Waals surface area contributed by atoms with Gasteiger partial charge in [-0.3, -0.25) is 0 Å². The highest BCUT2D eigenvalue weighted by atomic mass is 127. The quantitative estimate of drug-likeness (QED) is 0.553. The standard InChI is InChI=1S/C11H15BrIN3O/c1-11(2)6-16(5-8(3-12)17-11)10-9(13)4-14-7-15-10/h4,7-8H,3,5-6H2,1-2H3. The lowest BCUT2D eigenvalue weighted by Gasteiger charge is -2.43. The SMILES string of the molecule is CC1(C)CN(c2ncncc2I)CC(CBr)O1. The molecule has 0 saturated carbocycles. The number of aromatic nitrogens is 2. The summed E-state index contributed by atoms with van der Waals surface area (Å²) < 4.78 is 7.06. The molecule has 6 heteroatoms. The fraction of sp³-hybridized carbons (Fsp3) is 0.636. The van der Waals surface area contributed by atoms with Gasteiger partial charge in [0.25, 0.3) is 0 Å². The highest BCUT2D eigenvalue weighted by Crippen LogP contribution is 2.27. The van der Waals surface area contributed by atoms with Gasteiger partial charge < -0.3 is 9.64 Å². The van der Waals surface area contributed by atoms with Crippen molar-refractivity contribution in [3.05, 3.63) is 16.1 Å². The fourth-order valence-electron chi connectivity index (χ4n) is 2.08. The van der Waals surface area contributed by atoms with Crippen LogP contribution in [0.5, 0.6) is 0 Å². The second-order valence-corrected chi connectivity index (χ2v) is 6.54. The maximum absolute atomic E-state index is 5.98. The summed E-state index contributed by atoms with van der Waals surface area (Å²) in [6.07, 6.45) is 3.64. The zero-order valence-corrected chi connectivity index (χ0v) is 13.6. The Balaban J connectivity index is 2.24. The summed E-state index contributed by atoms with van der Waals surface area (Å²) in [6.45, 7) is 5.94. The highest BCUT2D eigenvalue weighted by Gasteiger charge is 2.34. The smallest absolute Gasteiger partial charge is 0.145 e. The molecule has 0 radical (unpaired) electrons. The van der Waals surface area contributed by atoms with Crippen LogP contribution in [0, 0.1) is 3.57 Å². The van der Waals surface area contributed by atoms with E-state index in [1.54, 1.807) is 6.33 Å². The van der Waals surface area contributed by atoms with Crippen LogP contribution in [0.2, 0.25) is 0 Å². The largest absolute Gasteiger partial charge is 0.368 e. The van der Waals surface area contributed by atoms with Gasteiger partial charge in [0.05, 0.1) is 15.3 Å². The summed E-state index contributed by atoms with van der Waals surface area (Å²) in [7, 11) is 0. The topological polar surface area (TPSA) is 38.2 Å². The van der Waals surface area contributed by atoms with Gasteiger partial charge in [-0.05, 0) is 36.4 Å². The van der Waals surface area contributed by atoms with E-state index in [0.29, 0.717) is 0 Å². The first-order valence-corrected chi connectivity index (χ1v) is 7.66. The lowest BCUT2D eigenvalue weighted by atomic mass is 10.1. The number of hydrogen-bond donors (Lipinski definition) is 0. The lowest BCUT2D eigenvalue weighted by molar-refractivity contribution is -0.0726. The summed E-state index contributed by atoms with van der Waals surface area (Å²) >= 11 is 5.77. The van der Waals surface area contributed by atoms with Crippen LogP contribution in [0.25, 0.3) is 0 Å². The first-order valence-electron chi connectivity index (χ1n) is 5.46. The van der Waals surface area contributed by atoms with Crippen molar-refractivity contribution in [2.24, 2.45) is 0 Å². The van der Waals surface area contributed by atoms with Gasteiger partial charge in [-0.25, -0.2) is 9.97 Å². The summed E-state index contributed by atoms with van der Waals surface area (Å²) in [5.41, 5.74) is -0.148. The van der Waals surface area contributed by atoms with Crippen molar-refractivity contribution in [2.45, 2.75) is 25.6 Å². The average molecular weight is 412 g/mol. The molecule has 1 aromatic rings. The Morgan fingerprint density at radius 1 is 1.65 bits per heavy atom. The molecule has 0 N–H and O–H groups in total. The van der Waals surface area contributed by atoms with Gasteiger partial charge in [0.1, 0.15) is 12.1 Å². The van der Waals surface area contributed by atoms with Crippen molar-refractivity contribution < 1.29 is 4.74 Å². The summed E-state index contributed by atoms with van der Waals surface area (Å²) in [4.78, 5) is 10.7. The number of nitrogens with zero attached hydrogens (tertiary/aromatic N) is 3. The van der Waals surface area contributed by atoms with Crippen LogP contribution in [0.3, 0.4) is 0 Å². The third-order valence-corrected chi connectivity index (χ3v) is 4.08. The Morgan fingerprint density at radius 2 is 2.41 bits per heavy atom. The minimum atomic E-state index is -0.148. The van der Waals surface area contributed by atoms with Gasteiger partial charge in [-0.1, -0.05) is 15.9 Å². The van der Waals surface area contributed by atoms with Crippen molar-refractivity contribution >= 4 is 44.3 Å². The maximum Gasteiger partial charge on any atom is 0.145 e. The molecular weight excluding hydrogens is 397 g/mol. The molecule has 2 rings (SSSR count). The van der Waals surface area contributed by atoms with E-state index in [0.717, 1.165) is 27.8 Å². The van der Waals surface area contributed by atoms with Crippen molar-refractivity contribution in [2.75, 3.05) is 23.3 Å². The number of halogens is 2. The van der Waals surface area contributed by atoms with E-state index in [1.807, 2.05) is 6.20 Å². The van der Waals surface area contributed by atoms with E-state index in [1.165, 1.54) is 0 Å². The molecule has 1 unspecified atom stereocenters. The number of rotatable bonds is 2. The molecule has 0 aromatic carbocycles. The average Bonchev–Trinajstić information content (AvgIpc) is 2.27. The Hall–Kier alpha value is 0.0500. The molecule has 4 nitrogen and oxygen atoms in total. The fourth-order valence-corrected chi connectivity index (χ4v) is 3.05. The number of ether oxygens (including phenoxy) is 1. The zero-order valence-electron chi connectivity index (χ0n) is 9.86. The van der Waals surface area contributed by atoms with Crippen molar-refractivity contribution in [1.82, 2.24) is 9.97 Å². The number of hydrogen-bond acceptors (Lipinski definition) is 4. The lowest BCUT2D eigenvalue weighted by Crippen LogP contribution is -2.53. The molecule has 0 amide bonds. The predicted molar refractivity (Wildman–Crippen MR) is 79.7 cm³/mol. The number of alkyl halides is 1. The molecule has 2 heterocycles. The molecule has 94 valence electrons. The van der Waals surface area contributed by atoms with Gasteiger partial charge >= 0.3 is 0 Å². The van der Waals surface area contributed by atoms with Crippen LogP contribution in [0.1, 0.15) is 13.8 Å². The highest BCUT2D eigenvalue weighted by molar-refractivity contribution is 14.1. The molecule has 0 spiro atoms. The van der Waals surface area contributed by atoms with E-state index in [-0.39, 0.29) is 11.7 Å². The second kappa shape index (κ2) is 5.36. The Kier molecular flexibility index (Phi) is 4.25. The molecule has 1 fully saturated rings. The van der Waals surface area contributed by atoms with Crippen LogP contribution in [0.4, 0.5) is 5.82 Å². The first-order chi connectivity index (χ1) is 8.02. The number of anilines is 1. The molecule has 1 aliphatic rings. The van der Waals surface area contributed by atoms with E-state index < -0.39 is 0 Å². The maximum atomic E-state index is 5.98. The van der Waals surface area contributed by atoms with Crippen molar-refractivity contribution in [1.29, 1.82) is 0 Å². The van der Waals surface area contributed by atoms with Gasteiger partial charge in [-0.2, -0.15) is 0 Å². The van der Waals surface area contributed by atoms with E-state index >= 15 is 0 Å². The number of morpholine rings is 1. The molecule has 1 atom stereocenters. The summed E-state index contributed by atoms with van der Waals surface area (Å²) in [6, 6.07) is 0. The van der Waals surface area contributed by atoms with Gasteiger partial charge in [0, 0.05) is 24.6 Å². The Bertz CT molecular complexity index is 402. The van der Waals surface area contributed by atoms with E-state index in [2.05, 4.69) is 67.2 Å². The van der Waals surface area contributed by atoms with Crippen LogP contribution >= 0.6 is 38.5 Å². The second-order valence-electron chi connectivity index (χ2n) is 4.73. The zero-order chi connectivity index (χ0) is 12.5. The molecule has 17 heavy (non-hydrogen) atoms. The predicted octanol–water partition coefficient (Wildman–Crippen LogP) is 2.46. The van der Waals surface area contributed by atoms with Crippen LogP contribution in [-0.2, 0) is 4.74 Å². The van der Waals surface area contributed by atoms with Crippen LogP contribution in [-0.4, -0.2) is 40.1 Å². The molecule has 0 bridgehead atoms. The van der Waals surface area contributed by atoms with Crippen LogP contribution < -0.4 is 4.90 Å². The van der Waals surface area contributed by atoms with Crippen molar-refractivity contribution in [3.8, 4) is 0 Å². The summed E-state index contributed by atoms with van der Waals surface area (Å²) in [5.74, 6) is 1.00.